The van der Waals surface area contributed by atoms with Crippen LogP contribution in [0.15, 0.2) is 18.2 Å². The molecule has 1 atom stereocenters. The monoisotopic (exact) mass is 220 g/mol. The molecule has 5 nitrogen and oxygen atoms in total. The zero-order valence-corrected chi connectivity index (χ0v) is 8.69. The fourth-order valence-electron chi connectivity index (χ4n) is 1.86. The van der Waals surface area contributed by atoms with Gasteiger partial charge in [0.05, 0.1) is 0 Å². The Labute approximate surface area is 91.5 Å². The van der Waals surface area contributed by atoms with E-state index in [1.807, 2.05) is 0 Å². The molecular weight excluding hydrogens is 208 g/mol. The summed E-state index contributed by atoms with van der Waals surface area (Å²) in [7, 11) is 0. The van der Waals surface area contributed by atoms with Gasteiger partial charge in [0.1, 0.15) is 11.8 Å². The van der Waals surface area contributed by atoms with E-state index in [0.717, 1.165) is 5.52 Å². The summed E-state index contributed by atoms with van der Waals surface area (Å²) in [6.07, 6.45) is 0. The van der Waals surface area contributed by atoms with E-state index in [1.165, 1.54) is 12.1 Å². The third kappa shape index (κ3) is 1.51. The summed E-state index contributed by atoms with van der Waals surface area (Å²) in [6.45, 7) is 1.76. The second-order valence-electron chi connectivity index (χ2n) is 3.71. The number of aromatic amines is 1. The lowest BCUT2D eigenvalue weighted by molar-refractivity contribution is -0.138. The number of carbonyl (C=O) groups is 1. The number of hydrogen-bond donors (Lipinski definition) is 4. The van der Waals surface area contributed by atoms with Crippen LogP contribution >= 0.6 is 0 Å². The van der Waals surface area contributed by atoms with Crippen LogP contribution in [-0.4, -0.2) is 21.2 Å². The number of rotatable bonds is 2. The maximum Gasteiger partial charge on any atom is 0.325 e. The van der Waals surface area contributed by atoms with E-state index in [-0.39, 0.29) is 5.75 Å². The zero-order valence-electron chi connectivity index (χ0n) is 8.69. The molecule has 0 fully saturated rings. The highest BCUT2D eigenvalue weighted by Gasteiger charge is 2.21. The lowest BCUT2D eigenvalue weighted by Crippen LogP contribution is -2.21. The van der Waals surface area contributed by atoms with Crippen molar-refractivity contribution in [3.05, 3.63) is 29.5 Å². The first-order valence-corrected chi connectivity index (χ1v) is 4.80. The molecule has 0 amide bonds. The fourth-order valence-corrected chi connectivity index (χ4v) is 1.86. The molecule has 5 N–H and O–H groups in total. The molecule has 0 aliphatic rings. The molecule has 1 aromatic heterocycles. The smallest absolute Gasteiger partial charge is 0.325 e. The zero-order chi connectivity index (χ0) is 11.9. The van der Waals surface area contributed by atoms with Crippen LogP contribution in [0.4, 0.5) is 0 Å². The van der Waals surface area contributed by atoms with Crippen molar-refractivity contribution < 1.29 is 15.0 Å². The predicted octanol–water partition coefficient (Wildman–Crippen LogP) is 1.27. The normalized spacial score (nSPS) is 12.9. The average molecular weight is 220 g/mol. The quantitative estimate of drug-likeness (QED) is 0.612. The van der Waals surface area contributed by atoms with Gasteiger partial charge in [-0.15, -0.1) is 0 Å². The largest absolute Gasteiger partial charge is 0.508 e. The third-order valence-electron chi connectivity index (χ3n) is 2.60. The number of phenols is 1. The summed E-state index contributed by atoms with van der Waals surface area (Å²) < 4.78 is 0. The van der Waals surface area contributed by atoms with Crippen molar-refractivity contribution in [2.24, 2.45) is 5.73 Å². The van der Waals surface area contributed by atoms with E-state index in [2.05, 4.69) is 4.98 Å². The van der Waals surface area contributed by atoms with Gasteiger partial charge in [0.15, 0.2) is 0 Å². The molecule has 84 valence electrons. The van der Waals surface area contributed by atoms with E-state index in [4.69, 9.17) is 10.8 Å². The van der Waals surface area contributed by atoms with Crippen molar-refractivity contribution in [1.29, 1.82) is 0 Å². The van der Waals surface area contributed by atoms with Crippen molar-refractivity contribution >= 4 is 16.9 Å². The number of benzene rings is 1. The number of aliphatic carboxylic acids is 1. The van der Waals surface area contributed by atoms with Crippen LogP contribution < -0.4 is 5.73 Å². The molecule has 1 heterocycles. The van der Waals surface area contributed by atoms with Crippen molar-refractivity contribution in [2.45, 2.75) is 13.0 Å². The number of aromatic hydroxyl groups is 1. The number of carboxylic acids is 1. The molecule has 0 radical (unpaired) electrons. The lowest BCUT2D eigenvalue weighted by Gasteiger charge is -2.06. The third-order valence-corrected chi connectivity index (χ3v) is 2.60. The highest BCUT2D eigenvalue weighted by molar-refractivity contribution is 5.91. The first-order valence-electron chi connectivity index (χ1n) is 4.80. The van der Waals surface area contributed by atoms with Gasteiger partial charge in [-0.25, -0.2) is 0 Å². The van der Waals surface area contributed by atoms with Gasteiger partial charge in [0.2, 0.25) is 0 Å². The van der Waals surface area contributed by atoms with Crippen LogP contribution in [0.3, 0.4) is 0 Å². The number of aromatic nitrogens is 1. The molecule has 2 aromatic rings. The summed E-state index contributed by atoms with van der Waals surface area (Å²) in [5.41, 5.74) is 7.58. The van der Waals surface area contributed by atoms with E-state index in [0.29, 0.717) is 16.6 Å². The second-order valence-corrected chi connectivity index (χ2v) is 3.71. The molecule has 0 saturated carbocycles. The lowest BCUT2D eigenvalue weighted by atomic mass is 10.0. The Morgan fingerprint density at radius 1 is 1.50 bits per heavy atom. The van der Waals surface area contributed by atoms with Gasteiger partial charge >= 0.3 is 5.97 Å². The minimum atomic E-state index is -1.09. The average Bonchev–Trinajstić information content (AvgIpc) is 2.52. The van der Waals surface area contributed by atoms with Crippen LogP contribution in [0.2, 0.25) is 0 Å². The van der Waals surface area contributed by atoms with E-state index in [1.54, 1.807) is 13.0 Å². The summed E-state index contributed by atoms with van der Waals surface area (Å²) in [5.74, 6) is -1.00. The van der Waals surface area contributed by atoms with Crippen LogP contribution in [0, 0.1) is 6.92 Å². The van der Waals surface area contributed by atoms with Gasteiger partial charge in [-0.05, 0) is 25.1 Å². The Morgan fingerprint density at radius 2 is 2.19 bits per heavy atom. The number of fused-ring (bicyclic) bond motifs is 1. The Morgan fingerprint density at radius 3 is 2.81 bits per heavy atom. The van der Waals surface area contributed by atoms with Crippen molar-refractivity contribution in [2.75, 3.05) is 0 Å². The van der Waals surface area contributed by atoms with Gasteiger partial charge in [-0.3, -0.25) is 4.79 Å². The number of hydrogen-bond acceptors (Lipinski definition) is 3. The number of nitrogens with one attached hydrogen (secondary N) is 1. The summed E-state index contributed by atoms with van der Waals surface area (Å²) >= 11 is 0. The first-order chi connectivity index (χ1) is 7.50. The minimum Gasteiger partial charge on any atom is -0.508 e. The van der Waals surface area contributed by atoms with E-state index < -0.39 is 12.0 Å². The van der Waals surface area contributed by atoms with Gasteiger partial charge in [-0.1, -0.05) is 0 Å². The molecular formula is C11H12N2O3. The van der Waals surface area contributed by atoms with Gasteiger partial charge < -0.3 is 20.9 Å². The number of nitrogens with two attached hydrogens (primary N) is 1. The SMILES string of the molecule is Cc1[nH]c2ccc(O)cc2c1C(N)C(=O)O. The van der Waals surface area contributed by atoms with Gasteiger partial charge in [-0.2, -0.15) is 0 Å². The minimum absolute atomic E-state index is 0.0883. The number of carboxylic acid groups (broad SMARTS) is 1. The predicted molar refractivity (Wildman–Crippen MR) is 59.3 cm³/mol. The number of aryl methyl sites for hydroxylation is 1. The van der Waals surface area contributed by atoms with Crippen LogP contribution in [0.5, 0.6) is 5.75 Å². The van der Waals surface area contributed by atoms with Crippen LogP contribution in [-0.2, 0) is 4.79 Å². The summed E-state index contributed by atoms with van der Waals surface area (Å²) in [5, 5.41) is 18.9. The Bertz CT molecular complexity index is 560. The van der Waals surface area contributed by atoms with Crippen molar-refractivity contribution in [3.8, 4) is 5.75 Å². The maximum absolute atomic E-state index is 10.9. The molecule has 0 saturated heterocycles. The highest BCUT2D eigenvalue weighted by Crippen LogP contribution is 2.29. The standard InChI is InChI=1S/C11H12N2O3/c1-5-9(10(12)11(15)16)7-4-6(14)2-3-8(7)13-5/h2-4,10,13-14H,12H2,1H3,(H,15,16). The molecule has 0 bridgehead atoms. The molecule has 0 aliphatic carbocycles. The topological polar surface area (TPSA) is 99.3 Å². The van der Waals surface area contributed by atoms with E-state index in [9.17, 15) is 9.90 Å². The molecule has 0 aliphatic heterocycles. The summed E-state index contributed by atoms with van der Waals surface area (Å²) in [4.78, 5) is 13.9. The van der Waals surface area contributed by atoms with Crippen molar-refractivity contribution in [1.82, 2.24) is 4.98 Å². The first kappa shape index (κ1) is 10.5. The van der Waals surface area contributed by atoms with Crippen molar-refractivity contribution in [3.63, 3.8) is 0 Å². The summed E-state index contributed by atoms with van der Waals surface area (Å²) in [6, 6.07) is 3.65. The molecule has 16 heavy (non-hydrogen) atoms. The number of phenolic OH excluding ortho intramolecular Hbond substituents is 1. The Balaban J connectivity index is 2.72. The van der Waals surface area contributed by atoms with Gasteiger partial charge in [0, 0.05) is 22.2 Å². The molecule has 2 rings (SSSR count). The van der Waals surface area contributed by atoms with E-state index >= 15 is 0 Å². The Hall–Kier alpha value is -2.01. The highest BCUT2D eigenvalue weighted by atomic mass is 16.4. The van der Waals surface area contributed by atoms with Gasteiger partial charge in [0.25, 0.3) is 0 Å². The molecule has 1 aromatic carbocycles. The Kier molecular flexibility index (Phi) is 2.32. The number of H-pyrrole nitrogens is 1. The molecule has 0 spiro atoms. The fraction of sp³-hybridized carbons (Fsp3) is 0.182. The van der Waals surface area contributed by atoms with Crippen LogP contribution in [0.25, 0.3) is 10.9 Å². The molecule has 1 unspecified atom stereocenters. The second kappa shape index (κ2) is 3.53. The molecule has 5 heteroatoms. The maximum atomic E-state index is 10.9. The van der Waals surface area contributed by atoms with Crippen LogP contribution in [0.1, 0.15) is 17.3 Å².